The van der Waals surface area contributed by atoms with Gasteiger partial charge in [-0.25, -0.2) is 4.79 Å². The molecule has 4 bridgehead atoms. The Balaban J connectivity index is 1.77. The molecule has 7 unspecified atom stereocenters. The Bertz CT molecular complexity index is 1410. The van der Waals surface area contributed by atoms with Gasteiger partial charge in [-0.2, -0.15) is 0 Å². The maximum atomic E-state index is 13.9. The van der Waals surface area contributed by atoms with Crippen molar-refractivity contribution < 1.29 is 33.7 Å². The number of amides is 2. The average molecular weight is 644 g/mol. The van der Waals surface area contributed by atoms with Crippen LogP contribution < -0.4 is 10.2 Å². The minimum atomic E-state index is -1.33. The lowest BCUT2D eigenvalue weighted by molar-refractivity contribution is -0.160. The van der Waals surface area contributed by atoms with Gasteiger partial charge in [0, 0.05) is 32.4 Å². The number of carbonyl (C=O) groups is 3. The molecule has 2 saturated heterocycles. The van der Waals surface area contributed by atoms with Crippen LogP contribution in [0.2, 0.25) is 5.02 Å². The first-order valence-corrected chi connectivity index (χ1v) is 15.7. The first-order valence-electron chi connectivity index (χ1n) is 15.3. The topological polar surface area (TPSA) is 121 Å². The van der Waals surface area contributed by atoms with E-state index in [2.05, 4.69) is 11.9 Å². The van der Waals surface area contributed by atoms with Gasteiger partial charge >= 0.3 is 5.97 Å². The SMILES string of the molecule is C=C1NC2(O)CC(O1)C(C)C1OC1(C)C(OC(=O)[C@H](C)N(C)C=O)CC(=O)N(C)c1cc(cc(C)c1Cl)C/C(C)=C/C=C/C2C. The van der Waals surface area contributed by atoms with Crippen LogP contribution in [-0.2, 0) is 35.0 Å². The van der Waals surface area contributed by atoms with E-state index in [1.807, 2.05) is 58.1 Å². The highest BCUT2D eigenvalue weighted by atomic mass is 35.5. The number of esters is 1. The fraction of sp³-hybridized carbons (Fsp3) is 0.559. The second-order valence-corrected chi connectivity index (χ2v) is 13.4. The zero-order valence-electron chi connectivity index (χ0n) is 27.4. The van der Waals surface area contributed by atoms with Crippen LogP contribution in [0.15, 0.2) is 48.4 Å². The Morgan fingerprint density at radius 2 is 2.02 bits per heavy atom. The second-order valence-electron chi connectivity index (χ2n) is 13.1. The number of hydrogen-bond acceptors (Lipinski definition) is 8. The average Bonchev–Trinajstić information content (AvgIpc) is 3.68. The number of epoxide rings is 1. The van der Waals surface area contributed by atoms with E-state index in [4.69, 9.17) is 25.8 Å². The third-order valence-electron chi connectivity index (χ3n) is 9.54. The number of aryl methyl sites for hydroxylation is 1. The lowest BCUT2D eigenvalue weighted by Gasteiger charge is -2.44. The molecule has 0 saturated carbocycles. The first-order chi connectivity index (χ1) is 21.0. The number of rotatable bonds is 4. The highest BCUT2D eigenvalue weighted by Crippen LogP contribution is 2.49. The van der Waals surface area contributed by atoms with Gasteiger partial charge < -0.3 is 34.4 Å². The molecule has 45 heavy (non-hydrogen) atoms. The van der Waals surface area contributed by atoms with Crippen molar-refractivity contribution >= 4 is 35.6 Å². The molecule has 2 fully saturated rings. The summed E-state index contributed by atoms with van der Waals surface area (Å²) >= 11 is 6.72. The van der Waals surface area contributed by atoms with Crippen molar-refractivity contribution in [3.05, 3.63) is 64.5 Å². The van der Waals surface area contributed by atoms with E-state index in [1.54, 1.807) is 20.9 Å². The van der Waals surface area contributed by atoms with Crippen molar-refractivity contribution in [2.75, 3.05) is 19.0 Å². The number of allylic oxidation sites excluding steroid dienone is 3. The minimum absolute atomic E-state index is 0.192. The van der Waals surface area contributed by atoms with E-state index in [9.17, 15) is 19.5 Å². The van der Waals surface area contributed by atoms with Gasteiger partial charge in [-0.3, -0.25) is 9.59 Å². The van der Waals surface area contributed by atoms with Gasteiger partial charge in [0.2, 0.25) is 12.3 Å². The Labute approximate surface area is 271 Å². The summed E-state index contributed by atoms with van der Waals surface area (Å²) in [5, 5.41) is 15.2. The summed E-state index contributed by atoms with van der Waals surface area (Å²) in [4.78, 5) is 41.1. The van der Waals surface area contributed by atoms with Gasteiger partial charge in [0.15, 0.2) is 5.88 Å². The molecule has 3 aliphatic rings. The summed E-state index contributed by atoms with van der Waals surface area (Å²) in [6, 6.07) is 3.01. The number of carbonyl (C=O) groups excluding carboxylic acids is 3. The van der Waals surface area contributed by atoms with E-state index in [0.29, 0.717) is 23.5 Å². The summed E-state index contributed by atoms with van der Waals surface area (Å²) < 4.78 is 18.3. The Kier molecular flexibility index (Phi) is 10.1. The zero-order chi connectivity index (χ0) is 33.4. The molecule has 0 radical (unpaired) electrons. The van der Waals surface area contributed by atoms with Gasteiger partial charge in [-0.1, -0.05) is 55.3 Å². The summed E-state index contributed by atoms with van der Waals surface area (Å²) in [6.45, 7) is 15.1. The van der Waals surface area contributed by atoms with Crippen LogP contribution in [0.5, 0.6) is 0 Å². The fourth-order valence-electron chi connectivity index (χ4n) is 6.15. The normalized spacial score (nSPS) is 34.7. The van der Waals surface area contributed by atoms with Crippen molar-refractivity contribution in [1.29, 1.82) is 0 Å². The summed E-state index contributed by atoms with van der Waals surface area (Å²) in [5.41, 5.74) is 1.05. The molecule has 246 valence electrons. The number of nitrogens with zero attached hydrogens (tertiary/aromatic N) is 2. The monoisotopic (exact) mass is 643 g/mol. The molecule has 10 nitrogen and oxygen atoms in total. The van der Waals surface area contributed by atoms with Crippen LogP contribution in [0.3, 0.4) is 0 Å². The number of aliphatic hydroxyl groups is 1. The highest BCUT2D eigenvalue weighted by Gasteiger charge is 2.64. The Morgan fingerprint density at radius 1 is 1.33 bits per heavy atom. The zero-order valence-corrected chi connectivity index (χ0v) is 28.2. The van der Waals surface area contributed by atoms with E-state index in [1.165, 1.54) is 16.8 Å². The molecule has 4 rings (SSSR count). The van der Waals surface area contributed by atoms with E-state index in [-0.39, 0.29) is 36.5 Å². The molecule has 3 aliphatic heterocycles. The number of nitrogens with one attached hydrogen (secondary N) is 1. The summed E-state index contributed by atoms with van der Waals surface area (Å²) in [5.74, 6) is -1.32. The standard InChI is InChI=1S/C34H46ClN3O7/c1-19-11-10-12-21(3)34(42)17-27(43-24(6)36-34)22(4)31-33(7,45-31)28(44-32(41)23(5)37(8)18-39)16-29(40)38(9)26-15-25(13-19)14-20(2)30(26)35/h10-12,14-15,18,21-23,27-28,31,36,42H,6,13,16-17H2,1-5,7-9H3/b12-10+,19-11+/t21?,22?,23-,27?,28?,31?,33?,34?/m0/s1. The predicted molar refractivity (Wildman–Crippen MR) is 172 cm³/mol. The number of fused-ring (bicyclic) bond motifs is 5. The van der Waals surface area contributed by atoms with E-state index >= 15 is 0 Å². The maximum Gasteiger partial charge on any atom is 0.328 e. The summed E-state index contributed by atoms with van der Waals surface area (Å²) in [7, 11) is 3.13. The summed E-state index contributed by atoms with van der Waals surface area (Å²) in [6.07, 6.45) is 5.16. The maximum absolute atomic E-state index is 13.9. The Morgan fingerprint density at radius 3 is 2.69 bits per heavy atom. The van der Waals surface area contributed by atoms with Crippen molar-refractivity contribution in [2.45, 2.75) is 96.5 Å². The van der Waals surface area contributed by atoms with Gasteiger partial charge in [0.25, 0.3) is 0 Å². The molecule has 1 aromatic carbocycles. The smallest absolute Gasteiger partial charge is 0.328 e. The fourth-order valence-corrected chi connectivity index (χ4v) is 6.39. The highest BCUT2D eigenvalue weighted by molar-refractivity contribution is 6.34. The van der Waals surface area contributed by atoms with Crippen LogP contribution in [0.4, 0.5) is 5.69 Å². The van der Waals surface area contributed by atoms with E-state index < -0.39 is 41.6 Å². The molecule has 0 aliphatic carbocycles. The van der Waals surface area contributed by atoms with Crippen molar-refractivity contribution in [3.8, 4) is 0 Å². The van der Waals surface area contributed by atoms with Crippen molar-refractivity contribution in [1.82, 2.24) is 10.2 Å². The molecule has 2 N–H and O–H groups in total. The quantitative estimate of drug-likeness (QED) is 0.281. The molecule has 0 aromatic heterocycles. The number of ether oxygens (including phenoxy) is 3. The molecule has 3 heterocycles. The lowest BCUT2D eigenvalue weighted by atomic mass is 9.82. The first kappa shape index (κ1) is 34.5. The number of halogens is 1. The number of likely N-dealkylation sites (N-methyl/N-ethyl adjacent to an activating group) is 1. The molecule has 11 heteroatoms. The van der Waals surface area contributed by atoms with Crippen LogP contribution >= 0.6 is 11.6 Å². The van der Waals surface area contributed by atoms with Crippen molar-refractivity contribution in [3.63, 3.8) is 0 Å². The van der Waals surface area contributed by atoms with Gasteiger partial charge in [0.1, 0.15) is 29.6 Å². The molecular formula is C34H46ClN3O7. The van der Waals surface area contributed by atoms with Crippen molar-refractivity contribution in [2.24, 2.45) is 11.8 Å². The molecule has 0 spiro atoms. The third-order valence-corrected chi connectivity index (χ3v) is 10.0. The van der Waals surface area contributed by atoms with Crippen LogP contribution in [0.1, 0.15) is 58.6 Å². The third kappa shape index (κ3) is 7.23. The number of hydrogen-bond donors (Lipinski definition) is 2. The van der Waals surface area contributed by atoms with Gasteiger partial charge in [0.05, 0.1) is 23.2 Å². The predicted octanol–water partition coefficient (Wildman–Crippen LogP) is 4.42. The van der Waals surface area contributed by atoms with Crippen LogP contribution in [0.25, 0.3) is 0 Å². The largest absolute Gasteiger partial charge is 0.476 e. The Hall–Kier alpha value is -3.34. The molecule has 8 atom stereocenters. The van der Waals surface area contributed by atoms with Crippen LogP contribution in [0, 0.1) is 18.8 Å². The number of benzene rings is 1. The lowest BCUT2D eigenvalue weighted by Crippen LogP contribution is -2.57. The molecular weight excluding hydrogens is 598 g/mol. The van der Waals surface area contributed by atoms with Crippen LogP contribution in [-0.4, -0.2) is 78.1 Å². The molecule has 2 amide bonds. The van der Waals surface area contributed by atoms with E-state index in [0.717, 1.165) is 16.7 Å². The second kappa shape index (κ2) is 13.2. The van der Waals surface area contributed by atoms with Gasteiger partial charge in [-0.05, 0) is 57.9 Å². The number of anilines is 1. The molecule has 1 aromatic rings. The minimum Gasteiger partial charge on any atom is -0.476 e. The van der Waals surface area contributed by atoms with Gasteiger partial charge in [-0.15, -0.1) is 0 Å².